The first-order chi connectivity index (χ1) is 13.6. The molecule has 144 valence electrons. The molecule has 3 aromatic rings. The summed E-state index contributed by atoms with van der Waals surface area (Å²) >= 11 is 0. The van der Waals surface area contributed by atoms with E-state index in [4.69, 9.17) is 4.74 Å². The number of ether oxygens (including phenoxy) is 1. The monoisotopic (exact) mass is 376 g/mol. The lowest BCUT2D eigenvalue weighted by Crippen LogP contribution is -2.16. The van der Waals surface area contributed by atoms with Gasteiger partial charge in [0.2, 0.25) is 0 Å². The van der Waals surface area contributed by atoms with Crippen LogP contribution in [0.3, 0.4) is 0 Å². The van der Waals surface area contributed by atoms with Crippen LogP contribution in [0.1, 0.15) is 34.4 Å². The Kier molecular flexibility index (Phi) is 6.22. The van der Waals surface area contributed by atoms with Gasteiger partial charge in [-0.15, -0.1) is 0 Å². The molecule has 0 radical (unpaired) electrons. The van der Waals surface area contributed by atoms with Gasteiger partial charge in [-0.05, 0) is 37.1 Å². The quantitative estimate of drug-likeness (QED) is 0.646. The van der Waals surface area contributed by atoms with Gasteiger partial charge < -0.3 is 15.4 Å². The molecule has 6 heteroatoms. The van der Waals surface area contributed by atoms with Crippen molar-refractivity contribution >= 4 is 17.4 Å². The predicted octanol–water partition coefficient (Wildman–Crippen LogP) is 4.22. The van der Waals surface area contributed by atoms with Crippen LogP contribution in [0.25, 0.3) is 0 Å². The molecule has 1 aromatic heterocycles. The number of rotatable bonds is 7. The van der Waals surface area contributed by atoms with Crippen LogP contribution in [0.4, 0.5) is 11.5 Å². The fraction of sp³-hybridized carbons (Fsp3) is 0.227. The maximum atomic E-state index is 12.6. The standard InChI is InChI=1S/C22H24N4O2/c1-4-16-9-11-18(12-10-16)26-22(27)19-13-21(25-15(2)24-19)23-14-17-7-5-6-8-20(17)28-3/h5-13H,4,14H2,1-3H3,(H,26,27)(H,23,24,25). The van der Waals surface area contributed by atoms with Gasteiger partial charge in [0.25, 0.3) is 5.91 Å². The number of anilines is 2. The number of methoxy groups -OCH3 is 1. The van der Waals surface area contributed by atoms with E-state index in [0.29, 0.717) is 23.9 Å². The summed E-state index contributed by atoms with van der Waals surface area (Å²) in [7, 11) is 1.64. The van der Waals surface area contributed by atoms with Crippen molar-refractivity contribution in [1.29, 1.82) is 0 Å². The molecule has 0 saturated heterocycles. The second-order valence-electron chi connectivity index (χ2n) is 6.36. The number of carbonyl (C=O) groups is 1. The summed E-state index contributed by atoms with van der Waals surface area (Å²) < 4.78 is 5.37. The number of benzene rings is 2. The minimum absolute atomic E-state index is 0.268. The lowest BCUT2D eigenvalue weighted by Gasteiger charge is -2.11. The zero-order valence-corrected chi connectivity index (χ0v) is 16.3. The molecule has 28 heavy (non-hydrogen) atoms. The summed E-state index contributed by atoms with van der Waals surface area (Å²) in [5.74, 6) is 1.64. The van der Waals surface area contributed by atoms with Crippen LogP contribution in [0.15, 0.2) is 54.6 Å². The maximum Gasteiger partial charge on any atom is 0.274 e. The summed E-state index contributed by atoms with van der Waals surface area (Å²) in [5, 5.41) is 6.12. The van der Waals surface area contributed by atoms with Gasteiger partial charge in [-0.25, -0.2) is 9.97 Å². The van der Waals surface area contributed by atoms with Crippen LogP contribution >= 0.6 is 0 Å². The largest absolute Gasteiger partial charge is 0.496 e. The third-order valence-corrected chi connectivity index (χ3v) is 4.34. The number of para-hydroxylation sites is 1. The first-order valence-electron chi connectivity index (χ1n) is 9.20. The molecule has 3 rings (SSSR count). The van der Waals surface area contributed by atoms with Gasteiger partial charge in [-0.3, -0.25) is 4.79 Å². The molecule has 1 heterocycles. The van der Waals surface area contributed by atoms with Crippen molar-refractivity contribution < 1.29 is 9.53 Å². The summed E-state index contributed by atoms with van der Waals surface area (Å²) in [6, 6.07) is 17.2. The Balaban J connectivity index is 1.72. The number of amides is 1. The lowest BCUT2D eigenvalue weighted by atomic mass is 10.1. The molecule has 2 N–H and O–H groups in total. The number of carbonyl (C=O) groups excluding carboxylic acids is 1. The van der Waals surface area contributed by atoms with E-state index in [1.54, 1.807) is 20.1 Å². The molecule has 0 aliphatic heterocycles. The van der Waals surface area contributed by atoms with E-state index in [9.17, 15) is 4.79 Å². The molecule has 2 aromatic carbocycles. The molecule has 0 saturated carbocycles. The van der Waals surface area contributed by atoms with Crippen molar-refractivity contribution in [3.05, 3.63) is 77.2 Å². The average molecular weight is 376 g/mol. The highest BCUT2D eigenvalue weighted by Crippen LogP contribution is 2.19. The van der Waals surface area contributed by atoms with E-state index in [-0.39, 0.29) is 5.91 Å². The van der Waals surface area contributed by atoms with Crippen LogP contribution in [-0.4, -0.2) is 23.0 Å². The van der Waals surface area contributed by atoms with Gasteiger partial charge in [0.05, 0.1) is 7.11 Å². The van der Waals surface area contributed by atoms with Crippen molar-refractivity contribution in [2.45, 2.75) is 26.8 Å². The Morgan fingerprint density at radius 1 is 1.07 bits per heavy atom. The first kappa shape index (κ1) is 19.4. The van der Waals surface area contributed by atoms with Crippen LogP contribution in [0.2, 0.25) is 0 Å². The van der Waals surface area contributed by atoms with Crippen LogP contribution in [-0.2, 0) is 13.0 Å². The number of nitrogens with zero attached hydrogens (tertiary/aromatic N) is 2. The van der Waals surface area contributed by atoms with Crippen LogP contribution < -0.4 is 15.4 Å². The second kappa shape index (κ2) is 8.99. The fourth-order valence-electron chi connectivity index (χ4n) is 2.83. The van der Waals surface area contributed by atoms with E-state index in [0.717, 1.165) is 23.4 Å². The topological polar surface area (TPSA) is 76.1 Å². The molecular weight excluding hydrogens is 352 g/mol. The molecule has 0 fully saturated rings. The minimum atomic E-state index is -0.268. The first-order valence-corrected chi connectivity index (χ1v) is 9.20. The number of hydrogen-bond acceptors (Lipinski definition) is 5. The zero-order chi connectivity index (χ0) is 19.9. The Labute approximate surface area is 165 Å². The lowest BCUT2D eigenvalue weighted by molar-refractivity contribution is 0.102. The van der Waals surface area contributed by atoms with E-state index in [2.05, 4.69) is 27.5 Å². The molecule has 0 atom stereocenters. The number of hydrogen-bond donors (Lipinski definition) is 2. The third-order valence-electron chi connectivity index (χ3n) is 4.34. The highest BCUT2D eigenvalue weighted by atomic mass is 16.5. The number of aryl methyl sites for hydroxylation is 2. The van der Waals surface area contributed by atoms with Gasteiger partial charge in [-0.1, -0.05) is 37.3 Å². The van der Waals surface area contributed by atoms with E-state index in [1.807, 2.05) is 48.5 Å². The predicted molar refractivity (Wildman–Crippen MR) is 111 cm³/mol. The van der Waals surface area contributed by atoms with Crippen LogP contribution in [0.5, 0.6) is 5.75 Å². The molecule has 1 amide bonds. The molecule has 0 bridgehead atoms. The number of nitrogens with one attached hydrogen (secondary N) is 2. The van der Waals surface area contributed by atoms with Crippen molar-refractivity contribution in [3.63, 3.8) is 0 Å². The Bertz CT molecular complexity index is 955. The van der Waals surface area contributed by atoms with Crippen molar-refractivity contribution in [2.75, 3.05) is 17.7 Å². The fourth-order valence-corrected chi connectivity index (χ4v) is 2.83. The van der Waals surface area contributed by atoms with E-state index >= 15 is 0 Å². The SMILES string of the molecule is CCc1ccc(NC(=O)c2cc(NCc3ccccc3OC)nc(C)n2)cc1. The minimum Gasteiger partial charge on any atom is -0.496 e. The Morgan fingerprint density at radius 3 is 2.54 bits per heavy atom. The molecule has 0 spiro atoms. The molecule has 0 unspecified atom stereocenters. The van der Waals surface area contributed by atoms with Gasteiger partial charge in [0.15, 0.2) is 0 Å². The zero-order valence-electron chi connectivity index (χ0n) is 16.3. The Hall–Kier alpha value is -3.41. The summed E-state index contributed by atoms with van der Waals surface area (Å²) in [4.78, 5) is 21.2. The normalized spacial score (nSPS) is 10.4. The van der Waals surface area contributed by atoms with E-state index < -0.39 is 0 Å². The second-order valence-corrected chi connectivity index (χ2v) is 6.36. The molecular formula is C22H24N4O2. The highest BCUT2D eigenvalue weighted by Gasteiger charge is 2.11. The van der Waals surface area contributed by atoms with Gasteiger partial charge in [-0.2, -0.15) is 0 Å². The van der Waals surface area contributed by atoms with Gasteiger partial charge in [0, 0.05) is 23.9 Å². The number of aromatic nitrogens is 2. The molecule has 0 aliphatic carbocycles. The smallest absolute Gasteiger partial charge is 0.274 e. The van der Waals surface area contributed by atoms with Gasteiger partial charge >= 0.3 is 0 Å². The van der Waals surface area contributed by atoms with E-state index in [1.165, 1.54) is 5.56 Å². The molecule has 6 nitrogen and oxygen atoms in total. The maximum absolute atomic E-state index is 12.6. The summed E-state index contributed by atoms with van der Waals surface area (Å²) in [6.45, 7) is 4.39. The van der Waals surface area contributed by atoms with Crippen molar-refractivity contribution in [1.82, 2.24) is 9.97 Å². The Morgan fingerprint density at radius 2 is 1.82 bits per heavy atom. The van der Waals surface area contributed by atoms with Gasteiger partial charge in [0.1, 0.15) is 23.1 Å². The van der Waals surface area contributed by atoms with Crippen molar-refractivity contribution in [3.8, 4) is 5.75 Å². The van der Waals surface area contributed by atoms with Crippen LogP contribution in [0, 0.1) is 6.92 Å². The highest BCUT2D eigenvalue weighted by molar-refractivity contribution is 6.03. The average Bonchev–Trinajstić information content (AvgIpc) is 2.72. The van der Waals surface area contributed by atoms with Crippen molar-refractivity contribution in [2.24, 2.45) is 0 Å². The third kappa shape index (κ3) is 4.85. The molecule has 0 aliphatic rings. The summed E-state index contributed by atoms with van der Waals surface area (Å²) in [5.41, 5.74) is 3.28. The summed E-state index contributed by atoms with van der Waals surface area (Å²) in [6.07, 6.45) is 0.959.